The summed E-state index contributed by atoms with van der Waals surface area (Å²) in [4.78, 5) is 30.6. The number of hydrogen-bond donors (Lipinski definition) is 0. The first kappa shape index (κ1) is 19.9. The van der Waals surface area contributed by atoms with Crippen molar-refractivity contribution in [1.29, 1.82) is 0 Å². The Bertz CT molecular complexity index is 981. The molecule has 1 fully saturated rings. The SMILES string of the molecule is O=C(C1CC(C(F)(F)F)Cc2nn(Cc3ccc(Cl)nc3)c(=O)n21)N1CC(F)C1. The van der Waals surface area contributed by atoms with Gasteiger partial charge in [0.15, 0.2) is 0 Å². The molecule has 1 saturated heterocycles. The fourth-order valence-corrected chi connectivity index (χ4v) is 3.76. The molecule has 0 aliphatic carbocycles. The van der Waals surface area contributed by atoms with E-state index in [-0.39, 0.29) is 30.6 Å². The maximum absolute atomic E-state index is 13.4. The van der Waals surface area contributed by atoms with Crippen LogP contribution in [0, 0.1) is 5.92 Å². The van der Waals surface area contributed by atoms with Crippen LogP contribution < -0.4 is 5.69 Å². The molecule has 4 heterocycles. The van der Waals surface area contributed by atoms with E-state index in [1.165, 1.54) is 12.3 Å². The van der Waals surface area contributed by atoms with Gasteiger partial charge in [0.1, 0.15) is 23.2 Å². The van der Waals surface area contributed by atoms with Crippen LogP contribution in [0.5, 0.6) is 0 Å². The fourth-order valence-electron chi connectivity index (χ4n) is 3.65. The lowest BCUT2D eigenvalue weighted by atomic mass is 9.90. The van der Waals surface area contributed by atoms with E-state index in [2.05, 4.69) is 10.1 Å². The van der Waals surface area contributed by atoms with Crippen molar-refractivity contribution in [2.24, 2.45) is 5.92 Å². The van der Waals surface area contributed by atoms with Gasteiger partial charge in [-0.1, -0.05) is 17.7 Å². The summed E-state index contributed by atoms with van der Waals surface area (Å²) in [5.74, 6) is -2.61. The van der Waals surface area contributed by atoms with Crippen molar-refractivity contribution in [1.82, 2.24) is 24.2 Å². The van der Waals surface area contributed by atoms with Crippen molar-refractivity contribution in [2.45, 2.75) is 37.8 Å². The average molecular weight is 434 g/mol. The Hall–Kier alpha value is -2.43. The zero-order chi connectivity index (χ0) is 20.9. The minimum atomic E-state index is -4.54. The summed E-state index contributed by atoms with van der Waals surface area (Å²) in [6.45, 7) is -0.391. The van der Waals surface area contributed by atoms with E-state index in [4.69, 9.17) is 11.6 Å². The number of nitrogens with zero attached hydrogens (tertiary/aromatic N) is 5. The molecule has 12 heteroatoms. The summed E-state index contributed by atoms with van der Waals surface area (Å²) >= 11 is 5.73. The lowest BCUT2D eigenvalue weighted by Crippen LogP contribution is -2.55. The number of likely N-dealkylation sites (tertiary alicyclic amines) is 1. The van der Waals surface area contributed by atoms with E-state index in [0.717, 1.165) is 14.1 Å². The number of pyridine rings is 1. The molecule has 7 nitrogen and oxygen atoms in total. The molecule has 4 rings (SSSR count). The average Bonchev–Trinajstić information content (AvgIpc) is 2.95. The van der Waals surface area contributed by atoms with Crippen LogP contribution in [0.3, 0.4) is 0 Å². The largest absolute Gasteiger partial charge is 0.392 e. The number of aromatic nitrogens is 4. The topological polar surface area (TPSA) is 73.0 Å². The Morgan fingerprint density at radius 1 is 1.28 bits per heavy atom. The molecule has 2 aromatic heterocycles. The van der Waals surface area contributed by atoms with Crippen molar-refractivity contribution >= 4 is 17.5 Å². The summed E-state index contributed by atoms with van der Waals surface area (Å²) in [7, 11) is 0. The maximum atomic E-state index is 13.4. The second-order valence-electron chi connectivity index (χ2n) is 7.25. The van der Waals surface area contributed by atoms with Gasteiger partial charge in [0.25, 0.3) is 0 Å². The van der Waals surface area contributed by atoms with Crippen molar-refractivity contribution in [2.75, 3.05) is 13.1 Å². The molecule has 156 valence electrons. The molecule has 0 spiro atoms. The summed E-state index contributed by atoms with van der Waals surface area (Å²) < 4.78 is 55.3. The standard InChI is InChI=1S/C17H16ClF4N5O2/c18-13-2-1-9(5-23-13)6-26-16(29)27-12(15(28)25-7-11(19)8-25)3-10(17(20,21)22)4-14(27)24-26/h1-2,5,10-12H,3-4,6-8H2. The lowest BCUT2D eigenvalue weighted by Gasteiger charge is -2.39. The van der Waals surface area contributed by atoms with Crippen LogP contribution in [0.15, 0.2) is 23.1 Å². The minimum Gasteiger partial charge on any atom is -0.335 e. The quantitative estimate of drug-likeness (QED) is 0.548. The molecule has 2 aliphatic rings. The van der Waals surface area contributed by atoms with E-state index in [9.17, 15) is 27.2 Å². The molecule has 0 N–H and O–H groups in total. The predicted octanol–water partition coefficient (Wildman–Crippen LogP) is 1.99. The van der Waals surface area contributed by atoms with E-state index >= 15 is 0 Å². The first-order chi connectivity index (χ1) is 13.6. The van der Waals surface area contributed by atoms with Gasteiger partial charge in [0.2, 0.25) is 5.91 Å². The van der Waals surface area contributed by atoms with Gasteiger partial charge in [-0.15, -0.1) is 0 Å². The number of rotatable bonds is 3. The third-order valence-electron chi connectivity index (χ3n) is 5.21. The second-order valence-corrected chi connectivity index (χ2v) is 7.64. The number of amides is 1. The highest BCUT2D eigenvalue weighted by atomic mass is 35.5. The van der Waals surface area contributed by atoms with E-state index in [0.29, 0.717) is 5.56 Å². The van der Waals surface area contributed by atoms with Gasteiger partial charge in [-0.25, -0.2) is 18.9 Å². The van der Waals surface area contributed by atoms with E-state index < -0.39 is 48.7 Å². The van der Waals surface area contributed by atoms with Crippen molar-refractivity contribution < 1.29 is 22.4 Å². The molecule has 29 heavy (non-hydrogen) atoms. The molecule has 0 saturated carbocycles. The van der Waals surface area contributed by atoms with Crippen molar-refractivity contribution in [3.63, 3.8) is 0 Å². The number of carbonyl (C=O) groups is 1. The first-order valence-electron chi connectivity index (χ1n) is 8.91. The monoisotopic (exact) mass is 433 g/mol. The molecule has 0 radical (unpaired) electrons. The second kappa shape index (κ2) is 7.12. The van der Waals surface area contributed by atoms with E-state index in [1.54, 1.807) is 6.07 Å². The Morgan fingerprint density at radius 2 is 2.00 bits per heavy atom. The van der Waals surface area contributed by atoms with Gasteiger partial charge in [-0.3, -0.25) is 9.36 Å². The third-order valence-corrected chi connectivity index (χ3v) is 5.43. The van der Waals surface area contributed by atoms with Crippen LogP contribution in [0.2, 0.25) is 5.15 Å². The van der Waals surface area contributed by atoms with Crippen LogP contribution in [-0.4, -0.2) is 55.6 Å². The van der Waals surface area contributed by atoms with Crippen LogP contribution in [0.1, 0.15) is 23.9 Å². The van der Waals surface area contributed by atoms with Crippen LogP contribution in [0.25, 0.3) is 0 Å². The molecular weight excluding hydrogens is 418 g/mol. The van der Waals surface area contributed by atoms with Crippen LogP contribution in [-0.2, 0) is 17.8 Å². The normalized spacial score (nSPS) is 22.3. The molecule has 2 aliphatic heterocycles. The highest BCUT2D eigenvalue weighted by Crippen LogP contribution is 2.39. The summed E-state index contributed by atoms with van der Waals surface area (Å²) in [5, 5.41) is 4.30. The first-order valence-corrected chi connectivity index (χ1v) is 9.29. The molecule has 0 aromatic carbocycles. The molecule has 2 unspecified atom stereocenters. The maximum Gasteiger partial charge on any atom is 0.392 e. The number of carbonyl (C=O) groups excluding carboxylic acids is 1. The smallest absolute Gasteiger partial charge is 0.335 e. The van der Waals surface area contributed by atoms with Crippen molar-refractivity contribution in [3.8, 4) is 0 Å². The zero-order valence-electron chi connectivity index (χ0n) is 14.9. The Labute approximate surface area is 166 Å². The molecule has 0 bridgehead atoms. The van der Waals surface area contributed by atoms with Crippen LogP contribution >= 0.6 is 11.6 Å². The Morgan fingerprint density at radius 3 is 2.59 bits per heavy atom. The fraction of sp³-hybridized carbons (Fsp3) is 0.529. The van der Waals surface area contributed by atoms with Gasteiger partial charge < -0.3 is 4.90 Å². The van der Waals surface area contributed by atoms with Crippen molar-refractivity contribution in [3.05, 3.63) is 45.4 Å². The molecule has 2 aromatic rings. The molecular formula is C17H16ClF4N5O2. The Balaban J connectivity index is 1.69. The van der Waals surface area contributed by atoms with Gasteiger partial charge in [-0.05, 0) is 18.1 Å². The summed E-state index contributed by atoms with van der Waals surface area (Å²) in [6.07, 6.45) is -5.38. The highest BCUT2D eigenvalue weighted by molar-refractivity contribution is 6.29. The van der Waals surface area contributed by atoms with Gasteiger partial charge >= 0.3 is 11.9 Å². The van der Waals surface area contributed by atoms with Gasteiger partial charge in [0, 0.05) is 12.6 Å². The van der Waals surface area contributed by atoms with Gasteiger partial charge in [-0.2, -0.15) is 18.3 Å². The number of fused-ring (bicyclic) bond motifs is 1. The lowest BCUT2D eigenvalue weighted by molar-refractivity contribution is -0.183. The molecule has 2 atom stereocenters. The predicted molar refractivity (Wildman–Crippen MR) is 93.2 cm³/mol. The number of alkyl halides is 4. The Kier molecular flexibility index (Phi) is 4.88. The minimum absolute atomic E-state index is 0.0309. The summed E-state index contributed by atoms with van der Waals surface area (Å²) in [6, 6.07) is 1.77. The third kappa shape index (κ3) is 3.75. The van der Waals surface area contributed by atoms with Gasteiger partial charge in [0.05, 0.1) is 25.6 Å². The summed E-state index contributed by atoms with van der Waals surface area (Å²) in [5.41, 5.74) is -0.114. The highest BCUT2D eigenvalue weighted by Gasteiger charge is 2.49. The van der Waals surface area contributed by atoms with E-state index in [1.807, 2.05) is 0 Å². The van der Waals surface area contributed by atoms with Crippen LogP contribution in [0.4, 0.5) is 17.6 Å². The number of hydrogen-bond acceptors (Lipinski definition) is 4. The zero-order valence-corrected chi connectivity index (χ0v) is 15.7. The molecule has 1 amide bonds. The number of halogens is 5.